The molecule has 0 heterocycles. The van der Waals surface area contributed by atoms with Crippen molar-refractivity contribution in [3.63, 3.8) is 0 Å². The van der Waals surface area contributed by atoms with Crippen LogP contribution in [0.5, 0.6) is 0 Å². The van der Waals surface area contributed by atoms with Gasteiger partial charge in [0.05, 0.1) is 18.1 Å². The summed E-state index contributed by atoms with van der Waals surface area (Å²) in [5.41, 5.74) is 0.0919. The summed E-state index contributed by atoms with van der Waals surface area (Å²) in [7, 11) is 0. The van der Waals surface area contributed by atoms with Gasteiger partial charge in [0.25, 0.3) is 0 Å². The zero-order valence-corrected chi connectivity index (χ0v) is 13.6. The summed E-state index contributed by atoms with van der Waals surface area (Å²) in [6.45, 7) is 1.67. The molecule has 5 heteroatoms. The molecule has 2 aromatic carbocycles. The molecule has 0 radical (unpaired) electrons. The Morgan fingerprint density at radius 1 is 1.17 bits per heavy atom. The highest BCUT2D eigenvalue weighted by Crippen LogP contribution is 2.24. The molecule has 23 heavy (non-hydrogen) atoms. The molecule has 122 valence electrons. The first-order valence-corrected chi connectivity index (χ1v) is 7.74. The quantitative estimate of drug-likeness (QED) is 0.761. The van der Waals surface area contributed by atoms with Gasteiger partial charge in [-0.3, -0.25) is 4.79 Å². The van der Waals surface area contributed by atoms with Crippen molar-refractivity contribution in [2.24, 2.45) is 0 Å². The lowest BCUT2D eigenvalue weighted by molar-refractivity contribution is -0.126. The van der Waals surface area contributed by atoms with Gasteiger partial charge in [0, 0.05) is 11.6 Å². The summed E-state index contributed by atoms with van der Waals surface area (Å²) in [5, 5.41) is 23.7. The van der Waals surface area contributed by atoms with E-state index in [0.717, 1.165) is 0 Å². The van der Waals surface area contributed by atoms with Crippen LogP contribution in [0.25, 0.3) is 0 Å². The average molecular weight is 334 g/mol. The molecular weight excluding hydrogens is 314 g/mol. The van der Waals surface area contributed by atoms with Crippen LogP contribution in [0.3, 0.4) is 0 Å². The summed E-state index contributed by atoms with van der Waals surface area (Å²) < 4.78 is 0. The maximum Gasteiger partial charge on any atom is 0.223 e. The number of carbonyl (C=O) groups is 1. The van der Waals surface area contributed by atoms with Crippen LogP contribution in [0, 0.1) is 0 Å². The van der Waals surface area contributed by atoms with Crippen molar-refractivity contribution in [1.29, 1.82) is 0 Å². The van der Waals surface area contributed by atoms with E-state index in [4.69, 9.17) is 11.6 Å². The Hall–Kier alpha value is -1.88. The van der Waals surface area contributed by atoms with Crippen molar-refractivity contribution < 1.29 is 15.0 Å². The Balaban J connectivity index is 1.88. The third-order valence-electron chi connectivity index (χ3n) is 3.65. The summed E-state index contributed by atoms with van der Waals surface area (Å²) in [4.78, 5) is 12.0. The van der Waals surface area contributed by atoms with Gasteiger partial charge < -0.3 is 15.5 Å². The Bertz CT molecular complexity index is 641. The number of nitrogens with one attached hydrogen (secondary N) is 1. The second-order valence-corrected chi connectivity index (χ2v) is 6.12. The first-order chi connectivity index (χ1) is 10.9. The fourth-order valence-corrected chi connectivity index (χ4v) is 2.41. The van der Waals surface area contributed by atoms with Crippen molar-refractivity contribution in [2.45, 2.75) is 25.0 Å². The van der Waals surface area contributed by atoms with E-state index in [0.29, 0.717) is 16.1 Å². The van der Waals surface area contributed by atoms with Gasteiger partial charge >= 0.3 is 0 Å². The number of hydrogen-bond acceptors (Lipinski definition) is 3. The van der Waals surface area contributed by atoms with Gasteiger partial charge in [0.2, 0.25) is 5.91 Å². The minimum Gasteiger partial charge on any atom is -0.387 e. The highest BCUT2D eigenvalue weighted by molar-refractivity contribution is 6.30. The number of carbonyl (C=O) groups excluding carboxylic acids is 1. The van der Waals surface area contributed by atoms with Crippen molar-refractivity contribution in [3.05, 3.63) is 70.7 Å². The second-order valence-electron chi connectivity index (χ2n) is 5.69. The van der Waals surface area contributed by atoms with Crippen molar-refractivity contribution in [2.75, 3.05) is 6.54 Å². The van der Waals surface area contributed by atoms with Gasteiger partial charge in [-0.05, 0) is 30.2 Å². The molecule has 0 aromatic heterocycles. The summed E-state index contributed by atoms with van der Waals surface area (Å²) in [5.74, 6) is -0.327. The molecule has 0 spiro atoms. The molecule has 2 rings (SSSR count). The van der Waals surface area contributed by atoms with Crippen LogP contribution in [0.1, 0.15) is 30.6 Å². The van der Waals surface area contributed by atoms with E-state index in [1.165, 1.54) is 0 Å². The molecule has 3 N–H and O–H groups in total. The second kappa shape index (κ2) is 7.59. The standard InChI is InChI=1S/C18H20ClNO3/c1-18(23,14-5-3-2-4-6-14)11-17(22)20-12-16(21)13-7-9-15(19)10-8-13/h2-10,16,21,23H,11-12H2,1H3,(H,20,22). The number of aliphatic hydroxyl groups excluding tert-OH is 1. The topological polar surface area (TPSA) is 69.6 Å². The predicted octanol–water partition coefficient (Wildman–Crippen LogP) is 2.79. The van der Waals surface area contributed by atoms with E-state index < -0.39 is 11.7 Å². The smallest absolute Gasteiger partial charge is 0.223 e. The van der Waals surface area contributed by atoms with Crippen molar-refractivity contribution in [1.82, 2.24) is 5.32 Å². The number of halogens is 1. The zero-order valence-electron chi connectivity index (χ0n) is 12.9. The molecular formula is C18H20ClNO3. The predicted molar refractivity (Wildman–Crippen MR) is 90.1 cm³/mol. The van der Waals surface area contributed by atoms with Crippen LogP contribution in [0.4, 0.5) is 0 Å². The Morgan fingerprint density at radius 3 is 2.39 bits per heavy atom. The fourth-order valence-electron chi connectivity index (χ4n) is 2.29. The van der Waals surface area contributed by atoms with Crippen molar-refractivity contribution in [3.8, 4) is 0 Å². The van der Waals surface area contributed by atoms with E-state index in [1.54, 1.807) is 43.3 Å². The van der Waals surface area contributed by atoms with E-state index in [1.807, 2.05) is 18.2 Å². The molecule has 1 amide bonds. The summed E-state index contributed by atoms with van der Waals surface area (Å²) in [6.07, 6.45) is -0.900. The highest BCUT2D eigenvalue weighted by atomic mass is 35.5. The first kappa shape index (κ1) is 17.5. The first-order valence-electron chi connectivity index (χ1n) is 7.36. The van der Waals surface area contributed by atoms with Crippen LogP contribution < -0.4 is 5.32 Å². The summed E-state index contributed by atoms with van der Waals surface area (Å²) >= 11 is 5.80. The monoisotopic (exact) mass is 333 g/mol. The lowest BCUT2D eigenvalue weighted by atomic mass is 9.92. The lowest BCUT2D eigenvalue weighted by Gasteiger charge is -2.23. The van der Waals surface area contributed by atoms with Crippen molar-refractivity contribution >= 4 is 17.5 Å². The maximum atomic E-state index is 12.0. The number of benzene rings is 2. The van der Waals surface area contributed by atoms with Crippen LogP contribution in [0.2, 0.25) is 5.02 Å². The normalized spacial score (nSPS) is 14.8. The minimum absolute atomic E-state index is 0.0747. The van der Waals surface area contributed by atoms with E-state index in [9.17, 15) is 15.0 Å². The highest BCUT2D eigenvalue weighted by Gasteiger charge is 2.26. The van der Waals surface area contributed by atoms with Gasteiger partial charge in [-0.15, -0.1) is 0 Å². The number of amides is 1. The lowest BCUT2D eigenvalue weighted by Crippen LogP contribution is -2.34. The number of rotatable bonds is 6. The number of hydrogen-bond donors (Lipinski definition) is 3. The molecule has 0 aliphatic heterocycles. The molecule has 0 saturated heterocycles. The van der Waals surface area contributed by atoms with Crippen LogP contribution in [-0.2, 0) is 10.4 Å². The Kier molecular flexibility index (Phi) is 5.77. The molecule has 0 aliphatic carbocycles. The van der Waals surface area contributed by atoms with Gasteiger partial charge in [-0.2, -0.15) is 0 Å². The van der Waals surface area contributed by atoms with Gasteiger partial charge in [0.15, 0.2) is 0 Å². The third kappa shape index (κ3) is 5.06. The Morgan fingerprint density at radius 2 is 1.78 bits per heavy atom. The third-order valence-corrected chi connectivity index (χ3v) is 3.90. The van der Waals surface area contributed by atoms with E-state index >= 15 is 0 Å². The molecule has 4 nitrogen and oxygen atoms in total. The molecule has 2 atom stereocenters. The molecule has 0 bridgehead atoms. The average Bonchev–Trinajstić information content (AvgIpc) is 2.54. The van der Waals surface area contributed by atoms with Crippen LogP contribution in [0.15, 0.2) is 54.6 Å². The Labute approximate surface area is 140 Å². The molecule has 2 aromatic rings. The largest absolute Gasteiger partial charge is 0.387 e. The maximum absolute atomic E-state index is 12.0. The SMILES string of the molecule is CC(O)(CC(=O)NCC(O)c1ccc(Cl)cc1)c1ccccc1. The molecule has 0 aliphatic rings. The van der Waals surface area contributed by atoms with E-state index in [-0.39, 0.29) is 18.9 Å². The molecule has 0 saturated carbocycles. The van der Waals surface area contributed by atoms with Crippen LogP contribution in [-0.4, -0.2) is 22.7 Å². The van der Waals surface area contributed by atoms with Gasteiger partial charge in [-0.1, -0.05) is 54.1 Å². The zero-order chi connectivity index (χ0) is 16.9. The summed E-state index contributed by atoms with van der Waals surface area (Å²) in [6, 6.07) is 15.8. The number of aliphatic hydroxyl groups is 2. The molecule has 0 fully saturated rings. The minimum atomic E-state index is -1.25. The van der Waals surface area contributed by atoms with Gasteiger partial charge in [-0.25, -0.2) is 0 Å². The van der Waals surface area contributed by atoms with E-state index in [2.05, 4.69) is 5.32 Å². The fraction of sp³-hybridized carbons (Fsp3) is 0.278. The molecule has 2 unspecified atom stereocenters. The van der Waals surface area contributed by atoms with Gasteiger partial charge in [0.1, 0.15) is 0 Å². The van der Waals surface area contributed by atoms with Crippen LogP contribution >= 0.6 is 11.6 Å².